The monoisotopic (exact) mass is 212 g/mol. The number of amides is 1. The van der Waals surface area contributed by atoms with Crippen LogP contribution in [0.25, 0.3) is 0 Å². The Morgan fingerprint density at radius 2 is 2.14 bits per heavy atom. The van der Waals surface area contributed by atoms with Gasteiger partial charge in [-0.1, -0.05) is 13.8 Å². The summed E-state index contributed by atoms with van der Waals surface area (Å²) in [6, 6.07) is 0. The van der Waals surface area contributed by atoms with Gasteiger partial charge in [0.1, 0.15) is 0 Å². The maximum atomic E-state index is 11.6. The van der Waals surface area contributed by atoms with E-state index in [9.17, 15) is 4.79 Å². The van der Waals surface area contributed by atoms with Crippen LogP contribution in [-0.2, 0) is 0 Å². The summed E-state index contributed by atoms with van der Waals surface area (Å²) in [5.74, 6) is 0.418. The van der Waals surface area contributed by atoms with Gasteiger partial charge in [-0.25, -0.2) is 4.98 Å². The molecule has 0 radical (unpaired) electrons. The van der Waals surface area contributed by atoms with E-state index in [4.69, 9.17) is 0 Å². The van der Waals surface area contributed by atoms with E-state index in [1.165, 1.54) is 11.3 Å². The molecule has 1 aromatic heterocycles. The van der Waals surface area contributed by atoms with E-state index in [1.807, 2.05) is 13.8 Å². The lowest BCUT2D eigenvalue weighted by molar-refractivity contribution is 0.0948. The summed E-state index contributed by atoms with van der Waals surface area (Å²) >= 11 is 1.45. The van der Waals surface area contributed by atoms with Crippen molar-refractivity contribution in [3.05, 3.63) is 15.6 Å². The molecule has 1 amide bonds. The van der Waals surface area contributed by atoms with Gasteiger partial charge in [-0.15, -0.1) is 11.3 Å². The number of aromatic nitrogens is 1. The fourth-order valence-electron chi connectivity index (χ4n) is 0.942. The second kappa shape index (κ2) is 4.55. The maximum Gasteiger partial charge on any atom is 0.280 e. The van der Waals surface area contributed by atoms with Gasteiger partial charge in [-0.2, -0.15) is 0 Å². The van der Waals surface area contributed by atoms with Crippen molar-refractivity contribution < 1.29 is 4.79 Å². The molecule has 1 aromatic rings. The molecule has 0 bridgehead atoms. The smallest absolute Gasteiger partial charge is 0.280 e. The van der Waals surface area contributed by atoms with Crippen LogP contribution in [0.5, 0.6) is 0 Å². The highest BCUT2D eigenvalue weighted by molar-refractivity contribution is 7.13. The average Bonchev–Trinajstić information content (AvgIpc) is 2.43. The van der Waals surface area contributed by atoms with Gasteiger partial charge in [0.15, 0.2) is 5.01 Å². The molecule has 3 nitrogen and oxygen atoms in total. The Morgan fingerprint density at radius 3 is 2.57 bits per heavy atom. The number of rotatable bonds is 3. The van der Waals surface area contributed by atoms with E-state index in [0.717, 1.165) is 10.6 Å². The summed E-state index contributed by atoms with van der Waals surface area (Å²) in [5.41, 5.74) is 0.949. The molecule has 0 aliphatic rings. The molecule has 0 atom stereocenters. The van der Waals surface area contributed by atoms with Crippen LogP contribution in [0.2, 0.25) is 0 Å². The molecule has 0 fully saturated rings. The van der Waals surface area contributed by atoms with Gasteiger partial charge in [0.2, 0.25) is 0 Å². The van der Waals surface area contributed by atoms with E-state index in [0.29, 0.717) is 17.5 Å². The quantitative estimate of drug-likeness (QED) is 0.834. The standard InChI is InChI=1S/C10H16N2OS/c1-6(2)5-11-9(13)10-12-7(3)8(4)14-10/h6H,5H2,1-4H3,(H,11,13). The van der Waals surface area contributed by atoms with Crippen LogP contribution in [0.3, 0.4) is 0 Å². The number of thiazole rings is 1. The van der Waals surface area contributed by atoms with Crippen molar-refractivity contribution in [1.29, 1.82) is 0 Å². The van der Waals surface area contributed by atoms with Gasteiger partial charge in [-0.3, -0.25) is 4.79 Å². The Labute approximate surface area is 88.6 Å². The molecule has 1 heterocycles. The zero-order valence-electron chi connectivity index (χ0n) is 9.05. The van der Waals surface area contributed by atoms with Crippen molar-refractivity contribution in [3.8, 4) is 0 Å². The predicted molar refractivity (Wildman–Crippen MR) is 58.8 cm³/mol. The number of nitrogens with zero attached hydrogens (tertiary/aromatic N) is 1. The molecular formula is C10H16N2OS. The Bertz CT molecular complexity index is 311. The summed E-state index contributed by atoms with van der Waals surface area (Å²) in [6.45, 7) is 8.74. The molecule has 1 rings (SSSR count). The third-order valence-electron chi connectivity index (χ3n) is 1.89. The van der Waals surface area contributed by atoms with Crippen molar-refractivity contribution in [3.63, 3.8) is 0 Å². The zero-order valence-corrected chi connectivity index (χ0v) is 9.86. The average molecular weight is 212 g/mol. The van der Waals surface area contributed by atoms with Crippen molar-refractivity contribution in [2.24, 2.45) is 5.92 Å². The van der Waals surface area contributed by atoms with Crippen molar-refractivity contribution in [2.45, 2.75) is 27.7 Å². The van der Waals surface area contributed by atoms with Crippen LogP contribution in [0, 0.1) is 19.8 Å². The molecule has 4 heteroatoms. The van der Waals surface area contributed by atoms with E-state index in [-0.39, 0.29) is 5.91 Å². The Hall–Kier alpha value is -0.900. The van der Waals surface area contributed by atoms with E-state index in [1.54, 1.807) is 0 Å². The number of hydrogen-bond acceptors (Lipinski definition) is 3. The lowest BCUT2D eigenvalue weighted by Gasteiger charge is -2.04. The number of aryl methyl sites for hydroxylation is 2. The SMILES string of the molecule is Cc1nc(C(=O)NCC(C)C)sc1C. The lowest BCUT2D eigenvalue weighted by atomic mass is 10.2. The highest BCUT2D eigenvalue weighted by atomic mass is 32.1. The van der Waals surface area contributed by atoms with E-state index >= 15 is 0 Å². The summed E-state index contributed by atoms with van der Waals surface area (Å²) in [4.78, 5) is 16.9. The second-order valence-electron chi connectivity index (χ2n) is 3.76. The molecule has 0 saturated heterocycles. The predicted octanol–water partition coefficient (Wildman–Crippen LogP) is 2.15. The number of nitrogens with one attached hydrogen (secondary N) is 1. The first-order valence-corrected chi connectivity index (χ1v) is 5.54. The molecule has 0 unspecified atom stereocenters. The molecule has 0 spiro atoms. The Balaban J connectivity index is 2.61. The summed E-state index contributed by atoms with van der Waals surface area (Å²) in [5, 5.41) is 3.42. The van der Waals surface area contributed by atoms with E-state index in [2.05, 4.69) is 24.1 Å². The molecule has 1 N–H and O–H groups in total. The van der Waals surface area contributed by atoms with Gasteiger partial charge >= 0.3 is 0 Å². The fraction of sp³-hybridized carbons (Fsp3) is 0.600. The van der Waals surface area contributed by atoms with Crippen LogP contribution in [0.15, 0.2) is 0 Å². The minimum absolute atomic E-state index is 0.0556. The number of carbonyl (C=O) groups is 1. The lowest BCUT2D eigenvalue weighted by Crippen LogP contribution is -2.27. The maximum absolute atomic E-state index is 11.6. The first-order chi connectivity index (χ1) is 6.50. The molecule has 0 aromatic carbocycles. The summed E-state index contributed by atoms with van der Waals surface area (Å²) < 4.78 is 0. The fourth-order valence-corrected chi connectivity index (χ4v) is 1.77. The largest absolute Gasteiger partial charge is 0.350 e. The Morgan fingerprint density at radius 1 is 1.50 bits per heavy atom. The minimum Gasteiger partial charge on any atom is -0.350 e. The number of carbonyl (C=O) groups excluding carboxylic acids is 1. The van der Waals surface area contributed by atoms with Gasteiger partial charge in [0.05, 0.1) is 5.69 Å². The summed E-state index contributed by atoms with van der Waals surface area (Å²) in [6.07, 6.45) is 0. The summed E-state index contributed by atoms with van der Waals surface area (Å²) in [7, 11) is 0. The first-order valence-electron chi connectivity index (χ1n) is 4.73. The first kappa shape index (κ1) is 11.2. The van der Waals surface area contributed by atoms with Crippen molar-refractivity contribution >= 4 is 17.2 Å². The van der Waals surface area contributed by atoms with Gasteiger partial charge in [0.25, 0.3) is 5.91 Å². The van der Waals surface area contributed by atoms with E-state index < -0.39 is 0 Å². The van der Waals surface area contributed by atoms with Crippen LogP contribution < -0.4 is 5.32 Å². The minimum atomic E-state index is -0.0556. The highest BCUT2D eigenvalue weighted by Gasteiger charge is 2.11. The molecular weight excluding hydrogens is 196 g/mol. The zero-order chi connectivity index (χ0) is 10.7. The molecule has 14 heavy (non-hydrogen) atoms. The third kappa shape index (κ3) is 2.80. The molecule has 0 saturated carbocycles. The van der Waals surface area contributed by atoms with Crippen LogP contribution in [-0.4, -0.2) is 17.4 Å². The van der Waals surface area contributed by atoms with Crippen LogP contribution in [0.4, 0.5) is 0 Å². The van der Waals surface area contributed by atoms with Crippen molar-refractivity contribution in [2.75, 3.05) is 6.54 Å². The van der Waals surface area contributed by atoms with Crippen LogP contribution in [0.1, 0.15) is 34.2 Å². The van der Waals surface area contributed by atoms with Crippen molar-refractivity contribution in [1.82, 2.24) is 10.3 Å². The normalized spacial score (nSPS) is 10.6. The van der Waals surface area contributed by atoms with Crippen LogP contribution >= 0.6 is 11.3 Å². The van der Waals surface area contributed by atoms with Gasteiger partial charge in [0, 0.05) is 11.4 Å². The van der Waals surface area contributed by atoms with Gasteiger partial charge in [-0.05, 0) is 19.8 Å². The molecule has 0 aliphatic carbocycles. The third-order valence-corrected chi connectivity index (χ3v) is 2.97. The molecule has 78 valence electrons. The van der Waals surface area contributed by atoms with Gasteiger partial charge < -0.3 is 5.32 Å². The topological polar surface area (TPSA) is 42.0 Å². The molecule has 0 aliphatic heterocycles. The second-order valence-corrected chi connectivity index (χ2v) is 4.97. The highest BCUT2D eigenvalue weighted by Crippen LogP contribution is 2.15. The Kier molecular flexibility index (Phi) is 3.63. The number of hydrogen-bond donors (Lipinski definition) is 1.